The average molecular weight is 284 g/mol. The van der Waals surface area contributed by atoms with E-state index in [1.807, 2.05) is 13.1 Å². The first-order valence-electron chi connectivity index (χ1n) is 7.74. The maximum atomic E-state index is 9.37. The Kier molecular flexibility index (Phi) is 4.98. The highest BCUT2D eigenvalue weighted by atomic mass is 15.1. The second-order valence-corrected chi connectivity index (χ2v) is 5.42. The van der Waals surface area contributed by atoms with Gasteiger partial charge in [-0.3, -0.25) is 0 Å². The molecule has 1 aromatic carbocycles. The molecular weight excluding hydrogens is 260 g/mol. The molecule has 1 aromatic heterocycles. The number of aryl methyl sites for hydroxylation is 2. The maximum Gasteiger partial charge on any atom is 0.109 e. The average Bonchev–Trinajstić information content (AvgIpc) is 2.90. The van der Waals surface area contributed by atoms with E-state index in [4.69, 9.17) is 0 Å². The summed E-state index contributed by atoms with van der Waals surface area (Å²) in [5.41, 5.74) is 1.85. The number of rotatable bonds is 7. The van der Waals surface area contributed by atoms with Crippen molar-refractivity contribution < 1.29 is 0 Å². The zero-order valence-corrected chi connectivity index (χ0v) is 13.2. The summed E-state index contributed by atoms with van der Waals surface area (Å²) >= 11 is 0. The second-order valence-electron chi connectivity index (χ2n) is 5.42. The Labute approximate surface area is 126 Å². The third-order valence-corrected chi connectivity index (χ3v) is 4.33. The highest BCUT2D eigenvalue weighted by Crippen LogP contribution is 2.20. The van der Waals surface area contributed by atoms with Gasteiger partial charge >= 0.3 is 0 Å². The summed E-state index contributed by atoms with van der Waals surface area (Å²) in [6, 6.07) is 10.7. The number of nitrogens with zero attached hydrogens (tertiary/aromatic N) is 3. The van der Waals surface area contributed by atoms with Gasteiger partial charge in [-0.05, 0) is 38.4 Å². The van der Waals surface area contributed by atoms with Crippen LogP contribution in [0.4, 0.5) is 0 Å². The highest BCUT2D eigenvalue weighted by Gasteiger charge is 2.25. The van der Waals surface area contributed by atoms with Crippen molar-refractivity contribution in [3.05, 3.63) is 30.1 Å². The second kappa shape index (κ2) is 6.73. The monoisotopic (exact) mass is 284 g/mol. The minimum Gasteiger partial charge on any atom is -0.328 e. The van der Waals surface area contributed by atoms with Crippen molar-refractivity contribution in [2.24, 2.45) is 0 Å². The van der Waals surface area contributed by atoms with E-state index in [0.29, 0.717) is 0 Å². The molecule has 2 rings (SSSR count). The predicted molar refractivity (Wildman–Crippen MR) is 86.0 cm³/mol. The standard InChI is InChI=1S/C17H24N4/c1-4-16-20-14-9-6-7-10-15(14)21(16)12-8-11-17(5-2,13-18)19-3/h6-7,9-10,19H,4-5,8,11-12H2,1-3H3. The Morgan fingerprint density at radius 1 is 1.33 bits per heavy atom. The molecule has 1 N–H and O–H groups in total. The summed E-state index contributed by atoms with van der Waals surface area (Å²) in [5.74, 6) is 1.12. The summed E-state index contributed by atoms with van der Waals surface area (Å²) in [5, 5.41) is 12.5. The molecule has 4 nitrogen and oxygen atoms in total. The van der Waals surface area contributed by atoms with Gasteiger partial charge in [0.05, 0.1) is 17.1 Å². The van der Waals surface area contributed by atoms with Crippen LogP contribution in [0.5, 0.6) is 0 Å². The molecule has 4 heteroatoms. The van der Waals surface area contributed by atoms with Gasteiger partial charge in [-0.2, -0.15) is 5.26 Å². The van der Waals surface area contributed by atoms with Crippen molar-refractivity contribution in [3.63, 3.8) is 0 Å². The number of aromatic nitrogens is 2. The van der Waals surface area contributed by atoms with Crippen molar-refractivity contribution >= 4 is 11.0 Å². The number of hydrogen-bond acceptors (Lipinski definition) is 3. The van der Waals surface area contributed by atoms with E-state index in [9.17, 15) is 5.26 Å². The van der Waals surface area contributed by atoms with E-state index in [0.717, 1.165) is 43.6 Å². The zero-order valence-electron chi connectivity index (χ0n) is 13.2. The number of nitrogens with one attached hydrogen (secondary N) is 1. The molecule has 0 aliphatic rings. The fraction of sp³-hybridized carbons (Fsp3) is 0.529. The van der Waals surface area contributed by atoms with E-state index >= 15 is 0 Å². The predicted octanol–water partition coefficient (Wildman–Crippen LogP) is 3.27. The summed E-state index contributed by atoms with van der Waals surface area (Å²) in [7, 11) is 1.87. The Bertz CT molecular complexity index is 632. The van der Waals surface area contributed by atoms with Gasteiger partial charge in [0.25, 0.3) is 0 Å². The van der Waals surface area contributed by atoms with Crippen LogP contribution in [-0.4, -0.2) is 22.1 Å². The highest BCUT2D eigenvalue weighted by molar-refractivity contribution is 5.75. The summed E-state index contributed by atoms with van der Waals surface area (Å²) in [4.78, 5) is 4.69. The molecule has 0 fully saturated rings. The number of para-hydroxylation sites is 2. The van der Waals surface area contributed by atoms with Crippen molar-refractivity contribution in [1.29, 1.82) is 5.26 Å². The summed E-state index contributed by atoms with van der Waals surface area (Å²) in [6.45, 7) is 5.11. The van der Waals surface area contributed by atoms with E-state index in [1.54, 1.807) is 0 Å². The van der Waals surface area contributed by atoms with Crippen molar-refractivity contribution in [2.75, 3.05) is 7.05 Å². The maximum absolute atomic E-state index is 9.37. The fourth-order valence-electron chi connectivity index (χ4n) is 2.85. The lowest BCUT2D eigenvalue weighted by molar-refractivity contribution is 0.380. The number of benzene rings is 1. The van der Waals surface area contributed by atoms with Gasteiger partial charge in [0.2, 0.25) is 0 Å². The van der Waals surface area contributed by atoms with Crippen LogP contribution in [0.15, 0.2) is 24.3 Å². The summed E-state index contributed by atoms with van der Waals surface area (Å²) < 4.78 is 2.29. The van der Waals surface area contributed by atoms with Crippen molar-refractivity contribution in [3.8, 4) is 6.07 Å². The molecule has 2 aromatic rings. The SMILES string of the molecule is CCc1nc2ccccc2n1CCCC(C#N)(CC)NC. The zero-order chi connectivity index (χ0) is 15.3. The van der Waals surface area contributed by atoms with Crippen molar-refractivity contribution in [1.82, 2.24) is 14.9 Å². The van der Waals surface area contributed by atoms with Crippen LogP contribution in [0.25, 0.3) is 11.0 Å². The van der Waals surface area contributed by atoms with Crippen LogP contribution in [0, 0.1) is 11.3 Å². The van der Waals surface area contributed by atoms with E-state index in [-0.39, 0.29) is 0 Å². The third kappa shape index (κ3) is 3.08. The molecule has 0 radical (unpaired) electrons. The van der Waals surface area contributed by atoms with Gasteiger partial charge in [-0.1, -0.05) is 26.0 Å². The quantitative estimate of drug-likeness (QED) is 0.849. The largest absolute Gasteiger partial charge is 0.328 e. The van der Waals surface area contributed by atoms with Gasteiger partial charge < -0.3 is 9.88 Å². The molecule has 1 heterocycles. The minimum absolute atomic E-state index is 0.400. The molecule has 0 saturated heterocycles. The smallest absolute Gasteiger partial charge is 0.109 e. The van der Waals surface area contributed by atoms with Gasteiger partial charge in [0, 0.05) is 13.0 Å². The van der Waals surface area contributed by atoms with Crippen molar-refractivity contribution in [2.45, 2.75) is 51.6 Å². The molecule has 1 atom stereocenters. The number of fused-ring (bicyclic) bond motifs is 1. The van der Waals surface area contributed by atoms with Gasteiger partial charge in [0.1, 0.15) is 11.4 Å². The topological polar surface area (TPSA) is 53.6 Å². The lowest BCUT2D eigenvalue weighted by Gasteiger charge is -2.24. The Balaban J connectivity index is 2.15. The molecule has 21 heavy (non-hydrogen) atoms. The Morgan fingerprint density at radius 2 is 2.10 bits per heavy atom. The third-order valence-electron chi connectivity index (χ3n) is 4.33. The normalized spacial score (nSPS) is 14.0. The molecular formula is C17H24N4. The fourth-order valence-corrected chi connectivity index (χ4v) is 2.85. The van der Waals surface area contributed by atoms with Crippen LogP contribution in [0.2, 0.25) is 0 Å². The first kappa shape index (κ1) is 15.5. The molecule has 0 bridgehead atoms. The lowest BCUT2D eigenvalue weighted by atomic mass is 9.92. The van der Waals surface area contributed by atoms with Crippen LogP contribution in [-0.2, 0) is 13.0 Å². The molecule has 0 saturated carbocycles. The van der Waals surface area contributed by atoms with Crippen LogP contribution < -0.4 is 5.32 Å². The first-order chi connectivity index (χ1) is 10.2. The van der Waals surface area contributed by atoms with Gasteiger partial charge in [-0.25, -0.2) is 4.98 Å². The molecule has 0 amide bonds. The van der Waals surface area contributed by atoms with E-state index < -0.39 is 5.54 Å². The molecule has 0 spiro atoms. The van der Waals surface area contributed by atoms with Gasteiger partial charge in [-0.15, -0.1) is 0 Å². The molecule has 112 valence electrons. The molecule has 0 aliphatic heterocycles. The van der Waals surface area contributed by atoms with E-state index in [2.05, 4.69) is 53.0 Å². The van der Waals surface area contributed by atoms with Crippen LogP contribution >= 0.6 is 0 Å². The van der Waals surface area contributed by atoms with E-state index in [1.165, 1.54) is 5.52 Å². The van der Waals surface area contributed by atoms with Crippen LogP contribution in [0.1, 0.15) is 38.9 Å². The summed E-state index contributed by atoms with van der Waals surface area (Å²) in [6.07, 6.45) is 3.57. The molecule has 1 unspecified atom stereocenters. The Morgan fingerprint density at radius 3 is 2.71 bits per heavy atom. The first-order valence-corrected chi connectivity index (χ1v) is 7.74. The lowest BCUT2D eigenvalue weighted by Crippen LogP contribution is -2.40. The number of nitriles is 1. The molecule has 0 aliphatic carbocycles. The number of imidazole rings is 1. The minimum atomic E-state index is -0.400. The van der Waals surface area contributed by atoms with Gasteiger partial charge in [0.15, 0.2) is 0 Å². The van der Waals surface area contributed by atoms with Crippen LogP contribution in [0.3, 0.4) is 0 Å². The Hall–Kier alpha value is -1.86. The number of hydrogen-bond donors (Lipinski definition) is 1.